The number of benzene rings is 2. The van der Waals surface area contributed by atoms with Crippen LogP contribution in [0, 0.1) is 0 Å². The quantitative estimate of drug-likeness (QED) is 0.622. The van der Waals surface area contributed by atoms with Gasteiger partial charge in [0.1, 0.15) is 0 Å². The number of carbonyl (C=O) groups excluding carboxylic acids is 2. The first-order chi connectivity index (χ1) is 13.8. The highest BCUT2D eigenvalue weighted by Gasteiger charge is 2.21. The first kappa shape index (κ1) is 20.8. The second kappa shape index (κ2) is 8.63. The maximum Gasteiger partial charge on any atom is 0.312 e. The molecule has 1 heterocycles. The van der Waals surface area contributed by atoms with Crippen LogP contribution in [0.3, 0.4) is 0 Å². The minimum atomic E-state index is -1.07. The molecule has 0 saturated carbocycles. The normalized spacial score (nSPS) is 11.9. The minimum Gasteiger partial charge on any atom is -0.452 e. The average Bonchev–Trinajstić information content (AvgIpc) is 2.68. The Morgan fingerprint density at radius 3 is 2.59 bits per heavy atom. The van der Waals surface area contributed by atoms with Gasteiger partial charge in [-0.25, -0.2) is 4.68 Å². The van der Waals surface area contributed by atoms with Gasteiger partial charge in [0.15, 0.2) is 6.10 Å². The number of carbonyl (C=O) groups is 2. The third-order valence-corrected chi connectivity index (χ3v) is 4.77. The zero-order chi connectivity index (χ0) is 21.1. The predicted molar refractivity (Wildman–Crippen MR) is 111 cm³/mol. The summed E-state index contributed by atoms with van der Waals surface area (Å²) in [4.78, 5) is 36.9. The van der Waals surface area contributed by atoms with E-state index in [4.69, 9.17) is 27.9 Å². The van der Waals surface area contributed by atoms with Crippen LogP contribution < -0.4 is 10.9 Å². The number of anilines is 1. The number of halogens is 2. The molecule has 0 aliphatic heterocycles. The molecule has 3 rings (SSSR count). The van der Waals surface area contributed by atoms with E-state index in [0.717, 1.165) is 0 Å². The molecule has 1 atom stereocenters. The molecule has 0 spiro atoms. The summed E-state index contributed by atoms with van der Waals surface area (Å²) in [5.41, 5.74) is 0.444. The molecule has 1 aromatic heterocycles. The Kier molecular flexibility index (Phi) is 6.20. The lowest BCUT2D eigenvalue weighted by Crippen LogP contribution is -2.31. The summed E-state index contributed by atoms with van der Waals surface area (Å²) in [6.07, 6.45) is -1.26. The Bertz CT molecular complexity index is 1160. The number of hydrogen-bond donors (Lipinski definition) is 1. The molecule has 3 aromatic rings. The Morgan fingerprint density at radius 2 is 1.86 bits per heavy atom. The van der Waals surface area contributed by atoms with Gasteiger partial charge >= 0.3 is 5.97 Å². The minimum absolute atomic E-state index is 0.190. The Morgan fingerprint density at radius 1 is 1.17 bits per heavy atom. The maximum atomic E-state index is 12.4. The molecule has 7 nitrogen and oxygen atoms in total. The fourth-order valence-electron chi connectivity index (χ4n) is 2.76. The number of amides is 1. The molecular weight excluding hydrogens is 417 g/mol. The number of esters is 1. The average molecular weight is 434 g/mol. The smallest absolute Gasteiger partial charge is 0.312 e. The fraction of sp³-hybridized carbons (Fsp3) is 0.200. The molecule has 150 valence electrons. The molecule has 0 radical (unpaired) electrons. The van der Waals surface area contributed by atoms with Crippen LogP contribution in [-0.2, 0) is 27.8 Å². The van der Waals surface area contributed by atoms with Gasteiger partial charge < -0.3 is 10.1 Å². The van der Waals surface area contributed by atoms with Gasteiger partial charge in [0.05, 0.1) is 28.2 Å². The summed E-state index contributed by atoms with van der Waals surface area (Å²) >= 11 is 11.9. The Labute approximate surface area is 176 Å². The predicted octanol–water partition coefficient (Wildman–Crippen LogP) is 3.35. The molecular formula is C20H17Cl2N3O4. The van der Waals surface area contributed by atoms with Gasteiger partial charge in [-0.05, 0) is 31.2 Å². The van der Waals surface area contributed by atoms with E-state index in [9.17, 15) is 14.4 Å². The number of fused-ring (bicyclic) bond motifs is 1. The van der Waals surface area contributed by atoms with Crippen molar-refractivity contribution in [2.24, 2.45) is 7.05 Å². The van der Waals surface area contributed by atoms with Crippen LogP contribution in [-0.4, -0.2) is 27.8 Å². The topological polar surface area (TPSA) is 90.3 Å². The number of nitrogens with one attached hydrogen (secondary N) is 1. The van der Waals surface area contributed by atoms with Gasteiger partial charge in [0.25, 0.3) is 11.5 Å². The monoisotopic (exact) mass is 433 g/mol. The third-order valence-electron chi connectivity index (χ3n) is 4.21. The van der Waals surface area contributed by atoms with E-state index in [2.05, 4.69) is 10.4 Å². The number of rotatable bonds is 5. The van der Waals surface area contributed by atoms with Crippen molar-refractivity contribution < 1.29 is 14.3 Å². The summed E-state index contributed by atoms with van der Waals surface area (Å²) in [7, 11) is 1.51. The molecule has 0 saturated heterocycles. The fourth-order valence-corrected chi connectivity index (χ4v) is 3.10. The zero-order valence-corrected chi connectivity index (χ0v) is 17.1. The highest BCUT2D eigenvalue weighted by atomic mass is 35.5. The largest absolute Gasteiger partial charge is 0.452 e. The Hall–Kier alpha value is -2.90. The van der Waals surface area contributed by atoms with Crippen LogP contribution in [0.25, 0.3) is 10.8 Å². The van der Waals surface area contributed by atoms with Crippen molar-refractivity contribution in [1.29, 1.82) is 0 Å². The number of aryl methyl sites for hydroxylation is 1. The van der Waals surface area contributed by atoms with E-state index >= 15 is 0 Å². The van der Waals surface area contributed by atoms with Crippen molar-refractivity contribution in [2.75, 3.05) is 5.32 Å². The second-order valence-electron chi connectivity index (χ2n) is 6.34. The SMILES string of the molecule is CC(OC(=O)Cc1nn(C)c(=O)c2ccccc12)C(=O)Nc1cc(Cl)ccc1Cl. The van der Waals surface area contributed by atoms with Gasteiger partial charge in [-0.2, -0.15) is 5.10 Å². The van der Waals surface area contributed by atoms with E-state index in [1.54, 1.807) is 36.4 Å². The van der Waals surface area contributed by atoms with E-state index in [0.29, 0.717) is 32.2 Å². The first-order valence-corrected chi connectivity index (χ1v) is 9.42. The van der Waals surface area contributed by atoms with E-state index in [1.807, 2.05) is 0 Å². The lowest BCUT2D eigenvalue weighted by atomic mass is 10.1. The van der Waals surface area contributed by atoms with Gasteiger partial charge in [-0.15, -0.1) is 0 Å². The van der Waals surface area contributed by atoms with Gasteiger partial charge in [-0.3, -0.25) is 14.4 Å². The van der Waals surface area contributed by atoms with Crippen LogP contribution in [0.15, 0.2) is 47.3 Å². The van der Waals surface area contributed by atoms with E-state index in [-0.39, 0.29) is 12.0 Å². The van der Waals surface area contributed by atoms with E-state index in [1.165, 1.54) is 24.7 Å². The van der Waals surface area contributed by atoms with Crippen molar-refractivity contribution in [3.05, 3.63) is 68.6 Å². The summed E-state index contributed by atoms with van der Waals surface area (Å²) in [6.45, 7) is 1.44. The first-order valence-electron chi connectivity index (χ1n) is 8.66. The van der Waals surface area contributed by atoms with Crippen molar-refractivity contribution in [3.63, 3.8) is 0 Å². The molecule has 1 unspecified atom stereocenters. The van der Waals surface area contributed by atoms with Gasteiger partial charge in [0, 0.05) is 17.5 Å². The van der Waals surface area contributed by atoms with E-state index < -0.39 is 18.0 Å². The summed E-state index contributed by atoms with van der Waals surface area (Å²) in [5, 5.41) is 8.46. The van der Waals surface area contributed by atoms with Crippen LogP contribution in [0.1, 0.15) is 12.6 Å². The molecule has 0 aliphatic carbocycles. The molecule has 1 amide bonds. The summed E-state index contributed by atoms with van der Waals surface area (Å²) < 4.78 is 6.39. The van der Waals surface area contributed by atoms with Gasteiger partial charge in [-0.1, -0.05) is 41.4 Å². The van der Waals surface area contributed by atoms with Crippen LogP contribution >= 0.6 is 23.2 Å². The summed E-state index contributed by atoms with van der Waals surface area (Å²) in [6, 6.07) is 11.5. The zero-order valence-electron chi connectivity index (χ0n) is 15.6. The standard InChI is InChI=1S/C20H17Cl2N3O4/c1-11(19(27)23-17-9-12(21)7-8-15(17)22)29-18(26)10-16-13-5-3-4-6-14(13)20(28)25(2)24-16/h3-9,11H,10H2,1-2H3,(H,23,27). The molecule has 0 bridgehead atoms. The molecule has 29 heavy (non-hydrogen) atoms. The third kappa shape index (κ3) is 4.75. The van der Waals surface area contributed by atoms with Crippen molar-refractivity contribution in [1.82, 2.24) is 9.78 Å². The van der Waals surface area contributed by atoms with Crippen LogP contribution in [0.5, 0.6) is 0 Å². The summed E-state index contributed by atoms with van der Waals surface area (Å²) in [5.74, 6) is -1.21. The molecule has 0 fully saturated rings. The highest BCUT2D eigenvalue weighted by Crippen LogP contribution is 2.25. The molecule has 2 aromatic carbocycles. The molecule has 0 aliphatic rings. The molecule has 9 heteroatoms. The maximum absolute atomic E-state index is 12.4. The lowest BCUT2D eigenvalue weighted by Gasteiger charge is -2.15. The number of aromatic nitrogens is 2. The van der Waals surface area contributed by atoms with Gasteiger partial charge in [0.2, 0.25) is 0 Å². The molecule has 1 N–H and O–H groups in total. The van der Waals surface area contributed by atoms with Crippen LogP contribution in [0.2, 0.25) is 10.0 Å². The van der Waals surface area contributed by atoms with Crippen molar-refractivity contribution in [2.45, 2.75) is 19.4 Å². The second-order valence-corrected chi connectivity index (χ2v) is 7.19. The lowest BCUT2D eigenvalue weighted by molar-refractivity contribution is -0.152. The number of ether oxygens (including phenoxy) is 1. The highest BCUT2D eigenvalue weighted by molar-refractivity contribution is 6.35. The Balaban J connectivity index is 1.71. The van der Waals surface area contributed by atoms with Crippen LogP contribution in [0.4, 0.5) is 5.69 Å². The van der Waals surface area contributed by atoms with Crippen molar-refractivity contribution >= 4 is 51.5 Å². The number of hydrogen-bond acceptors (Lipinski definition) is 5. The van der Waals surface area contributed by atoms with Crippen molar-refractivity contribution in [3.8, 4) is 0 Å². The number of nitrogens with zero attached hydrogens (tertiary/aromatic N) is 2.